The van der Waals surface area contributed by atoms with Gasteiger partial charge in [0.25, 0.3) is 0 Å². The fraction of sp³-hybridized carbons (Fsp3) is 1.00. The molecule has 0 heterocycles. The molecule has 0 aliphatic heterocycles. The second kappa shape index (κ2) is 7.38. The lowest BCUT2D eigenvalue weighted by Crippen LogP contribution is -2.34. The number of hydrogen-bond donors (Lipinski definition) is 1. The molecule has 4 unspecified atom stereocenters. The smallest absolute Gasteiger partial charge is 0.0608 e. The molecule has 0 aromatic rings. The number of nitrogens with two attached hydrogens (primary N) is 1. The molecule has 1 fully saturated rings. The molecule has 0 aromatic carbocycles. The summed E-state index contributed by atoms with van der Waals surface area (Å²) in [6.45, 7) is 9.98. The summed E-state index contributed by atoms with van der Waals surface area (Å²) >= 11 is 0. The minimum atomic E-state index is 0.310. The summed E-state index contributed by atoms with van der Waals surface area (Å²) in [5, 5.41) is 0. The van der Waals surface area contributed by atoms with Gasteiger partial charge in [-0.15, -0.1) is 0 Å². The first-order valence-corrected chi connectivity index (χ1v) is 7.38. The molecular weight excluding hydrogens is 210 g/mol. The molecule has 0 aromatic heterocycles. The molecule has 0 bridgehead atoms. The van der Waals surface area contributed by atoms with Gasteiger partial charge in [-0.2, -0.15) is 0 Å². The van der Waals surface area contributed by atoms with E-state index in [1.807, 2.05) is 0 Å². The van der Waals surface area contributed by atoms with Crippen molar-refractivity contribution in [2.24, 2.45) is 23.5 Å². The molecule has 2 N–H and O–H groups in total. The number of hydrogen-bond acceptors (Lipinski definition) is 2. The van der Waals surface area contributed by atoms with Crippen LogP contribution in [-0.4, -0.2) is 18.8 Å². The lowest BCUT2D eigenvalue weighted by molar-refractivity contribution is -0.0395. The van der Waals surface area contributed by atoms with Crippen LogP contribution in [0.1, 0.15) is 59.8 Å². The largest absolute Gasteiger partial charge is 0.378 e. The van der Waals surface area contributed by atoms with Gasteiger partial charge in [0, 0.05) is 12.6 Å². The molecule has 2 heteroatoms. The fourth-order valence-electron chi connectivity index (χ4n) is 2.95. The molecule has 2 nitrogen and oxygen atoms in total. The third kappa shape index (κ3) is 5.39. The SMILES string of the molecule is CC(N)CCCOC1CC(C)CCC1C(C)C. The van der Waals surface area contributed by atoms with Crippen molar-refractivity contribution in [3.63, 3.8) is 0 Å². The van der Waals surface area contributed by atoms with Crippen molar-refractivity contribution in [1.82, 2.24) is 0 Å². The highest BCUT2D eigenvalue weighted by Crippen LogP contribution is 2.35. The molecule has 1 rings (SSSR count). The van der Waals surface area contributed by atoms with Crippen molar-refractivity contribution in [2.75, 3.05) is 6.61 Å². The summed E-state index contributed by atoms with van der Waals surface area (Å²) in [6, 6.07) is 0.310. The summed E-state index contributed by atoms with van der Waals surface area (Å²) in [5.41, 5.74) is 5.75. The van der Waals surface area contributed by atoms with E-state index in [0.717, 1.165) is 37.2 Å². The monoisotopic (exact) mass is 241 g/mol. The number of ether oxygens (including phenoxy) is 1. The van der Waals surface area contributed by atoms with Gasteiger partial charge in [0.05, 0.1) is 6.10 Å². The Morgan fingerprint density at radius 1 is 1.24 bits per heavy atom. The van der Waals surface area contributed by atoms with Gasteiger partial charge < -0.3 is 10.5 Å². The van der Waals surface area contributed by atoms with Crippen LogP contribution < -0.4 is 5.73 Å². The lowest BCUT2D eigenvalue weighted by Gasteiger charge is -2.37. The van der Waals surface area contributed by atoms with Gasteiger partial charge in [0.15, 0.2) is 0 Å². The molecule has 0 saturated heterocycles. The number of rotatable bonds is 6. The maximum atomic E-state index is 6.12. The molecule has 4 atom stereocenters. The van der Waals surface area contributed by atoms with Crippen LogP contribution in [0.4, 0.5) is 0 Å². The maximum absolute atomic E-state index is 6.12. The Morgan fingerprint density at radius 2 is 1.94 bits per heavy atom. The Morgan fingerprint density at radius 3 is 2.53 bits per heavy atom. The third-order valence-electron chi connectivity index (χ3n) is 4.10. The van der Waals surface area contributed by atoms with Gasteiger partial charge >= 0.3 is 0 Å². The Balaban J connectivity index is 2.31. The van der Waals surface area contributed by atoms with Gasteiger partial charge in [-0.05, 0) is 50.4 Å². The Kier molecular flexibility index (Phi) is 6.50. The van der Waals surface area contributed by atoms with Crippen LogP contribution in [-0.2, 0) is 4.74 Å². The van der Waals surface area contributed by atoms with E-state index in [1.54, 1.807) is 0 Å². The first kappa shape index (κ1) is 15.0. The second-order valence-electron chi connectivity index (χ2n) is 6.35. The molecule has 1 saturated carbocycles. The highest BCUT2D eigenvalue weighted by molar-refractivity contribution is 4.81. The zero-order chi connectivity index (χ0) is 12.8. The summed E-state index contributed by atoms with van der Waals surface area (Å²) < 4.78 is 6.12. The van der Waals surface area contributed by atoms with Crippen molar-refractivity contribution in [3.05, 3.63) is 0 Å². The van der Waals surface area contributed by atoms with Crippen molar-refractivity contribution in [3.8, 4) is 0 Å². The van der Waals surface area contributed by atoms with Crippen LogP contribution >= 0.6 is 0 Å². The van der Waals surface area contributed by atoms with E-state index in [4.69, 9.17) is 10.5 Å². The fourth-order valence-corrected chi connectivity index (χ4v) is 2.95. The van der Waals surface area contributed by atoms with Crippen LogP contribution in [0, 0.1) is 17.8 Å². The molecule has 17 heavy (non-hydrogen) atoms. The van der Waals surface area contributed by atoms with Gasteiger partial charge in [-0.1, -0.05) is 27.2 Å². The normalized spacial score (nSPS) is 31.8. The average molecular weight is 241 g/mol. The predicted octanol–water partition coefficient (Wildman–Crippen LogP) is 3.59. The predicted molar refractivity (Wildman–Crippen MR) is 74.0 cm³/mol. The van der Waals surface area contributed by atoms with E-state index in [2.05, 4.69) is 27.7 Å². The average Bonchev–Trinajstić information content (AvgIpc) is 2.23. The summed E-state index contributed by atoms with van der Waals surface area (Å²) in [7, 11) is 0. The van der Waals surface area contributed by atoms with E-state index >= 15 is 0 Å². The summed E-state index contributed by atoms with van der Waals surface area (Å²) in [4.78, 5) is 0. The van der Waals surface area contributed by atoms with Gasteiger partial charge in [0.1, 0.15) is 0 Å². The van der Waals surface area contributed by atoms with Crippen LogP contribution in [0.3, 0.4) is 0 Å². The third-order valence-corrected chi connectivity index (χ3v) is 4.10. The van der Waals surface area contributed by atoms with Crippen LogP contribution in [0.5, 0.6) is 0 Å². The van der Waals surface area contributed by atoms with Crippen molar-refractivity contribution in [2.45, 2.75) is 71.9 Å². The van der Waals surface area contributed by atoms with Crippen molar-refractivity contribution >= 4 is 0 Å². The molecule has 1 aliphatic carbocycles. The molecule has 1 aliphatic rings. The quantitative estimate of drug-likeness (QED) is 0.721. The highest BCUT2D eigenvalue weighted by Gasteiger charge is 2.31. The van der Waals surface area contributed by atoms with Crippen LogP contribution in [0.25, 0.3) is 0 Å². The molecule has 102 valence electrons. The first-order valence-electron chi connectivity index (χ1n) is 7.38. The maximum Gasteiger partial charge on any atom is 0.0608 e. The molecule has 0 radical (unpaired) electrons. The second-order valence-corrected chi connectivity index (χ2v) is 6.35. The van der Waals surface area contributed by atoms with E-state index < -0.39 is 0 Å². The summed E-state index contributed by atoms with van der Waals surface area (Å²) in [6.07, 6.45) is 6.65. The standard InChI is InChI=1S/C15H31NO/c1-11(2)14-8-7-12(3)10-15(14)17-9-5-6-13(4)16/h11-15H,5-10,16H2,1-4H3. The molecular formula is C15H31NO. The Hall–Kier alpha value is -0.0800. The van der Waals surface area contributed by atoms with Crippen molar-refractivity contribution in [1.29, 1.82) is 0 Å². The minimum absolute atomic E-state index is 0.310. The van der Waals surface area contributed by atoms with E-state index in [1.165, 1.54) is 19.3 Å². The molecule has 0 amide bonds. The Labute approximate surface area is 107 Å². The first-order chi connectivity index (χ1) is 8.00. The highest BCUT2D eigenvalue weighted by atomic mass is 16.5. The molecule has 0 spiro atoms. The van der Waals surface area contributed by atoms with E-state index in [-0.39, 0.29) is 0 Å². The lowest BCUT2D eigenvalue weighted by atomic mass is 9.75. The van der Waals surface area contributed by atoms with Gasteiger partial charge in [0.2, 0.25) is 0 Å². The van der Waals surface area contributed by atoms with E-state index in [0.29, 0.717) is 12.1 Å². The topological polar surface area (TPSA) is 35.2 Å². The Bertz CT molecular complexity index is 203. The van der Waals surface area contributed by atoms with Gasteiger partial charge in [-0.3, -0.25) is 0 Å². The van der Waals surface area contributed by atoms with Crippen LogP contribution in [0.15, 0.2) is 0 Å². The van der Waals surface area contributed by atoms with Crippen LogP contribution in [0.2, 0.25) is 0 Å². The summed E-state index contributed by atoms with van der Waals surface area (Å²) in [5.74, 6) is 2.35. The minimum Gasteiger partial charge on any atom is -0.378 e. The van der Waals surface area contributed by atoms with Gasteiger partial charge in [-0.25, -0.2) is 0 Å². The van der Waals surface area contributed by atoms with E-state index in [9.17, 15) is 0 Å². The zero-order valence-corrected chi connectivity index (χ0v) is 12.1. The zero-order valence-electron chi connectivity index (χ0n) is 12.1. The van der Waals surface area contributed by atoms with Crippen molar-refractivity contribution < 1.29 is 4.74 Å².